The van der Waals surface area contributed by atoms with Gasteiger partial charge in [-0.05, 0) is 18.2 Å². The second-order valence-corrected chi connectivity index (χ2v) is 3.48. The quantitative estimate of drug-likeness (QED) is 0.598. The van der Waals surface area contributed by atoms with Crippen LogP contribution in [0.1, 0.15) is 0 Å². The Bertz CT molecular complexity index is 317. The Morgan fingerprint density at radius 1 is 1.43 bits per heavy atom. The highest BCUT2D eigenvalue weighted by Gasteiger charge is 2.25. The molecule has 2 unspecified atom stereocenters. The van der Waals surface area contributed by atoms with Gasteiger partial charge in [0.25, 0.3) is 0 Å². The summed E-state index contributed by atoms with van der Waals surface area (Å²) in [7, 11) is 0. The van der Waals surface area contributed by atoms with Gasteiger partial charge in [-0.25, -0.2) is 0 Å². The molecule has 1 aliphatic heterocycles. The number of hydrogen-bond donors (Lipinski definition) is 3. The molecule has 14 heavy (non-hydrogen) atoms. The molecule has 2 atom stereocenters. The topological polar surface area (TPSA) is 67.5 Å². The van der Waals surface area contributed by atoms with Gasteiger partial charge in [0.1, 0.15) is 0 Å². The number of aliphatic hydroxyl groups excluding tert-OH is 1. The van der Waals surface area contributed by atoms with Gasteiger partial charge in [-0.15, -0.1) is 0 Å². The van der Waals surface area contributed by atoms with Crippen LogP contribution in [0.4, 0.5) is 11.4 Å². The molecule has 1 aromatic carbocycles. The molecule has 0 bridgehead atoms. The fraction of sp³-hybridized carbons (Fsp3) is 0.400. The molecule has 1 aliphatic rings. The summed E-state index contributed by atoms with van der Waals surface area (Å²) in [6.45, 7) is 0.940. The first-order valence-electron chi connectivity index (χ1n) is 4.63. The molecular weight excluding hydrogens is 180 g/mol. The van der Waals surface area contributed by atoms with E-state index in [1.54, 1.807) is 0 Å². The molecule has 4 nitrogen and oxygen atoms in total. The van der Waals surface area contributed by atoms with Gasteiger partial charge in [0.2, 0.25) is 0 Å². The highest BCUT2D eigenvalue weighted by Crippen LogP contribution is 2.16. The largest absolute Gasteiger partial charge is 0.399 e. The summed E-state index contributed by atoms with van der Waals surface area (Å²) in [5, 5.41) is 12.7. The third-order valence-electron chi connectivity index (χ3n) is 2.29. The van der Waals surface area contributed by atoms with Crippen LogP contribution >= 0.6 is 0 Å². The number of ether oxygens (including phenoxy) is 1. The summed E-state index contributed by atoms with van der Waals surface area (Å²) in [6, 6.07) is 7.43. The van der Waals surface area contributed by atoms with Crippen LogP contribution in [0.25, 0.3) is 0 Å². The van der Waals surface area contributed by atoms with Crippen LogP contribution in [0.2, 0.25) is 0 Å². The summed E-state index contributed by atoms with van der Waals surface area (Å²) in [4.78, 5) is 0. The van der Waals surface area contributed by atoms with E-state index in [0.29, 0.717) is 18.9 Å². The smallest absolute Gasteiger partial charge is 0.0996 e. The molecule has 1 heterocycles. The summed E-state index contributed by atoms with van der Waals surface area (Å²) in [5.41, 5.74) is 7.26. The van der Waals surface area contributed by atoms with Crippen molar-refractivity contribution in [2.24, 2.45) is 0 Å². The van der Waals surface area contributed by atoms with E-state index in [1.165, 1.54) is 0 Å². The zero-order chi connectivity index (χ0) is 9.97. The van der Waals surface area contributed by atoms with Crippen LogP contribution < -0.4 is 11.1 Å². The Kier molecular flexibility index (Phi) is 2.56. The van der Waals surface area contributed by atoms with Crippen LogP contribution in [0.15, 0.2) is 24.3 Å². The molecule has 0 spiro atoms. The summed E-state index contributed by atoms with van der Waals surface area (Å²) < 4.78 is 5.13. The van der Waals surface area contributed by atoms with Crippen LogP contribution in [0.5, 0.6) is 0 Å². The molecule has 4 N–H and O–H groups in total. The average molecular weight is 194 g/mol. The molecule has 0 radical (unpaired) electrons. The van der Waals surface area contributed by atoms with Crippen molar-refractivity contribution < 1.29 is 9.84 Å². The predicted octanol–water partition coefficient (Wildman–Crippen LogP) is 0.440. The molecular formula is C10H14N2O2. The lowest BCUT2D eigenvalue weighted by molar-refractivity contribution is 0.125. The molecule has 0 amide bonds. The molecule has 1 saturated heterocycles. The van der Waals surface area contributed by atoms with E-state index in [2.05, 4.69) is 5.32 Å². The fourth-order valence-electron chi connectivity index (χ4n) is 1.52. The molecule has 0 saturated carbocycles. The molecule has 1 aromatic rings. The van der Waals surface area contributed by atoms with Gasteiger partial charge in [-0.2, -0.15) is 0 Å². The van der Waals surface area contributed by atoms with Crippen LogP contribution in [-0.4, -0.2) is 30.5 Å². The maximum absolute atomic E-state index is 9.50. The van der Waals surface area contributed by atoms with Crippen molar-refractivity contribution in [3.05, 3.63) is 24.3 Å². The Morgan fingerprint density at radius 3 is 2.93 bits per heavy atom. The molecule has 1 fully saturated rings. The Labute approximate surface area is 82.7 Å². The highest BCUT2D eigenvalue weighted by molar-refractivity contribution is 5.54. The molecule has 0 aromatic heterocycles. The van der Waals surface area contributed by atoms with Gasteiger partial charge >= 0.3 is 0 Å². The van der Waals surface area contributed by atoms with Crippen molar-refractivity contribution in [3.8, 4) is 0 Å². The first-order valence-corrected chi connectivity index (χ1v) is 4.63. The summed E-state index contributed by atoms with van der Waals surface area (Å²) in [5.74, 6) is 0. The van der Waals surface area contributed by atoms with Crippen molar-refractivity contribution in [1.29, 1.82) is 0 Å². The van der Waals surface area contributed by atoms with Gasteiger partial charge in [0, 0.05) is 11.4 Å². The van der Waals surface area contributed by atoms with E-state index >= 15 is 0 Å². The van der Waals surface area contributed by atoms with Gasteiger partial charge in [-0.1, -0.05) is 6.07 Å². The standard InChI is InChI=1S/C10H14N2O2/c11-7-2-1-3-8(4-7)12-9-5-14-6-10(9)13/h1-4,9-10,12-13H,5-6,11H2. The lowest BCUT2D eigenvalue weighted by atomic mass is 10.2. The summed E-state index contributed by atoms with van der Waals surface area (Å²) in [6.07, 6.45) is -0.434. The van der Waals surface area contributed by atoms with Crippen LogP contribution in [0, 0.1) is 0 Å². The first-order chi connectivity index (χ1) is 6.75. The number of anilines is 2. The zero-order valence-corrected chi connectivity index (χ0v) is 7.81. The second-order valence-electron chi connectivity index (χ2n) is 3.48. The normalized spacial score (nSPS) is 26.4. The van der Waals surface area contributed by atoms with E-state index in [1.807, 2.05) is 24.3 Å². The Morgan fingerprint density at radius 2 is 2.29 bits per heavy atom. The van der Waals surface area contributed by atoms with Crippen LogP contribution in [-0.2, 0) is 4.74 Å². The molecule has 76 valence electrons. The molecule has 4 heteroatoms. The number of nitrogens with two attached hydrogens (primary N) is 1. The molecule has 0 aliphatic carbocycles. The number of nitrogens with one attached hydrogen (secondary N) is 1. The van der Waals surface area contributed by atoms with Crippen molar-refractivity contribution in [2.75, 3.05) is 24.3 Å². The number of aliphatic hydroxyl groups is 1. The van der Waals surface area contributed by atoms with Gasteiger partial charge in [-0.3, -0.25) is 0 Å². The SMILES string of the molecule is Nc1cccc(NC2COCC2O)c1. The predicted molar refractivity (Wildman–Crippen MR) is 55.1 cm³/mol. The third-order valence-corrected chi connectivity index (χ3v) is 2.29. The lowest BCUT2D eigenvalue weighted by Crippen LogP contribution is -2.31. The minimum atomic E-state index is -0.434. The fourth-order valence-corrected chi connectivity index (χ4v) is 1.52. The monoisotopic (exact) mass is 194 g/mol. The lowest BCUT2D eigenvalue weighted by Gasteiger charge is -2.15. The van der Waals surface area contributed by atoms with Crippen molar-refractivity contribution in [1.82, 2.24) is 0 Å². The van der Waals surface area contributed by atoms with E-state index in [4.69, 9.17) is 10.5 Å². The van der Waals surface area contributed by atoms with Gasteiger partial charge in [0.05, 0.1) is 25.4 Å². The molecule has 2 rings (SSSR count). The van der Waals surface area contributed by atoms with Crippen molar-refractivity contribution in [2.45, 2.75) is 12.1 Å². The number of benzene rings is 1. The van der Waals surface area contributed by atoms with Gasteiger partial charge < -0.3 is 20.9 Å². The minimum Gasteiger partial charge on any atom is -0.399 e. The van der Waals surface area contributed by atoms with E-state index < -0.39 is 6.10 Å². The third kappa shape index (κ3) is 1.97. The average Bonchev–Trinajstić information content (AvgIpc) is 2.52. The zero-order valence-electron chi connectivity index (χ0n) is 7.81. The van der Waals surface area contributed by atoms with E-state index in [9.17, 15) is 5.11 Å². The maximum atomic E-state index is 9.50. The highest BCUT2D eigenvalue weighted by atomic mass is 16.5. The van der Waals surface area contributed by atoms with Gasteiger partial charge in [0.15, 0.2) is 0 Å². The number of nitrogen functional groups attached to an aromatic ring is 1. The number of rotatable bonds is 2. The Balaban J connectivity index is 2.03. The maximum Gasteiger partial charge on any atom is 0.0996 e. The second kappa shape index (κ2) is 3.86. The minimum absolute atomic E-state index is 0.0307. The van der Waals surface area contributed by atoms with Crippen LogP contribution in [0.3, 0.4) is 0 Å². The van der Waals surface area contributed by atoms with E-state index in [0.717, 1.165) is 5.69 Å². The first kappa shape index (κ1) is 9.30. The Hall–Kier alpha value is -1.26. The number of hydrogen-bond acceptors (Lipinski definition) is 4. The van der Waals surface area contributed by atoms with Crippen molar-refractivity contribution >= 4 is 11.4 Å². The van der Waals surface area contributed by atoms with Crippen molar-refractivity contribution in [3.63, 3.8) is 0 Å². The summed E-state index contributed by atoms with van der Waals surface area (Å²) >= 11 is 0. The van der Waals surface area contributed by atoms with E-state index in [-0.39, 0.29) is 6.04 Å².